The standard InChI is InChI=1S/C18H26BN5O6/c1-16(2)17(3,4)30-19(29-16)7-5-6-10-8-24(12-11(20)13(25)14(12)26)9-18(10,15(27)28)22-23-21/h10H,5-9,20H2,1-4H3,(H,27,28)/t10-,18-/m0/s1. The van der Waals surface area contributed by atoms with Gasteiger partial charge in [-0.2, -0.15) is 0 Å². The Balaban J connectivity index is 1.74. The molecule has 11 nitrogen and oxygen atoms in total. The number of rotatable bonds is 7. The molecule has 2 heterocycles. The Morgan fingerprint density at radius 1 is 1.30 bits per heavy atom. The molecule has 3 N–H and O–H groups in total. The molecule has 0 unspecified atom stereocenters. The molecule has 0 spiro atoms. The molecule has 0 amide bonds. The van der Waals surface area contributed by atoms with Gasteiger partial charge >= 0.3 is 13.1 Å². The summed E-state index contributed by atoms with van der Waals surface area (Å²) in [6, 6.07) is 0. The number of anilines is 2. The van der Waals surface area contributed by atoms with E-state index < -0.39 is 46.6 Å². The Labute approximate surface area is 173 Å². The van der Waals surface area contributed by atoms with Crippen molar-refractivity contribution in [3.05, 3.63) is 30.9 Å². The lowest BCUT2D eigenvalue weighted by atomic mass is 9.78. The molecule has 162 valence electrons. The molecule has 30 heavy (non-hydrogen) atoms. The lowest BCUT2D eigenvalue weighted by molar-refractivity contribution is -0.144. The Hall–Kier alpha value is -2.56. The molecule has 0 aliphatic carbocycles. The molecule has 0 saturated carbocycles. The van der Waals surface area contributed by atoms with Gasteiger partial charge in [-0.05, 0) is 46.0 Å². The highest BCUT2D eigenvalue weighted by Crippen LogP contribution is 2.41. The van der Waals surface area contributed by atoms with Gasteiger partial charge in [-0.3, -0.25) is 14.4 Å². The van der Waals surface area contributed by atoms with Crippen molar-refractivity contribution in [1.29, 1.82) is 0 Å². The number of nitrogen functional groups attached to an aromatic ring is 1. The molecular formula is C18H26BN5O6. The minimum Gasteiger partial charge on any atom is -0.481 e. The van der Waals surface area contributed by atoms with E-state index in [4.69, 9.17) is 20.6 Å². The van der Waals surface area contributed by atoms with Crippen molar-refractivity contribution in [2.24, 2.45) is 11.0 Å². The molecule has 1 aromatic rings. The van der Waals surface area contributed by atoms with Crippen LogP contribution in [0.25, 0.3) is 10.4 Å². The van der Waals surface area contributed by atoms with E-state index in [1.54, 1.807) is 0 Å². The van der Waals surface area contributed by atoms with Gasteiger partial charge in [0.25, 0.3) is 10.9 Å². The summed E-state index contributed by atoms with van der Waals surface area (Å²) in [4.78, 5) is 39.6. The Morgan fingerprint density at radius 3 is 2.40 bits per heavy atom. The summed E-state index contributed by atoms with van der Waals surface area (Å²) >= 11 is 0. The quantitative estimate of drug-likeness (QED) is 0.219. The third kappa shape index (κ3) is 3.34. The van der Waals surface area contributed by atoms with E-state index in [-0.39, 0.29) is 24.5 Å². The molecule has 12 heteroatoms. The average Bonchev–Trinajstić information content (AvgIpc) is 3.09. The zero-order valence-corrected chi connectivity index (χ0v) is 17.5. The SMILES string of the molecule is CC1(C)OB(CCC[C@H]2CN(c3c(N)c(=O)c3=O)C[C@@]2(N=[N+]=[N-])C(=O)O)OC1(C)C. The fraction of sp³-hybridized carbons (Fsp3) is 0.722. The summed E-state index contributed by atoms with van der Waals surface area (Å²) in [5, 5.41) is 13.5. The van der Waals surface area contributed by atoms with E-state index in [1.807, 2.05) is 27.7 Å². The smallest absolute Gasteiger partial charge is 0.457 e. The summed E-state index contributed by atoms with van der Waals surface area (Å²) in [6.07, 6.45) is 1.51. The van der Waals surface area contributed by atoms with Crippen molar-refractivity contribution >= 4 is 24.5 Å². The van der Waals surface area contributed by atoms with Crippen LogP contribution in [0.1, 0.15) is 40.5 Å². The van der Waals surface area contributed by atoms with Crippen LogP contribution in [-0.2, 0) is 14.1 Å². The summed E-state index contributed by atoms with van der Waals surface area (Å²) in [5.74, 6) is -1.85. The van der Waals surface area contributed by atoms with Crippen molar-refractivity contribution in [2.45, 2.75) is 63.6 Å². The molecule has 0 bridgehead atoms. The second kappa shape index (κ2) is 7.30. The zero-order chi connectivity index (χ0) is 22.5. The predicted octanol–water partition coefficient (Wildman–Crippen LogP) is 1.31. The second-order valence-corrected chi connectivity index (χ2v) is 9.03. The van der Waals surface area contributed by atoms with Crippen molar-refractivity contribution in [1.82, 2.24) is 0 Å². The third-order valence-electron chi connectivity index (χ3n) is 6.67. The fourth-order valence-electron chi connectivity index (χ4n) is 4.21. The largest absolute Gasteiger partial charge is 0.481 e. The molecule has 0 aromatic heterocycles. The average molecular weight is 419 g/mol. The lowest BCUT2D eigenvalue weighted by Crippen LogP contribution is -2.46. The molecule has 3 rings (SSSR count). The van der Waals surface area contributed by atoms with Crippen LogP contribution in [0.5, 0.6) is 0 Å². The summed E-state index contributed by atoms with van der Waals surface area (Å²) in [5.41, 5.74) is 10.3. The lowest BCUT2D eigenvalue weighted by Gasteiger charge is -2.32. The maximum Gasteiger partial charge on any atom is 0.457 e. The normalized spacial score (nSPS) is 27.4. The fourth-order valence-corrected chi connectivity index (χ4v) is 4.21. The summed E-state index contributed by atoms with van der Waals surface area (Å²) in [6.45, 7) is 7.73. The number of hydrogen-bond donors (Lipinski definition) is 2. The van der Waals surface area contributed by atoms with E-state index in [9.17, 15) is 19.5 Å². The third-order valence-corrected chi connectivity index (χ3v) is 6.67. The summed E-state index contributed by atoms with van der Waals surface area (Å²) in [7, 11) is -0.421. The van der Waals surface area contributed by atoms with Crippen LogP contribution in [0, 0.1) is 5.92 Å². The van der Waals surface area contributed by atoms with E-state index in [1.165, 1.54) is 4.90 Å². The maximum atomic E-state index is 12.1. The number of carboxylic acid groups (broad SMARTS) is 1. The Bertz CT molecular complexity index is 960. The molecule has 2 atom stereocenters. The van der Waals surface area contributed by atoms with Gasteiger partial charge in [0.15, 0.2) is 5.54 Å². The van der Waals surface area contributed by atoms with Crippen molar-refractivity contribution in [3.8, 4) is 0 Å². The Kier molecular flexibility index (Phi) is 5.38. The minimum absolute atomic E-state index is 0.00669. The van der Waals surface area contributed by atoms with Gasteiger partial charge in [0.1, 0.15) is 11.4 Å². The van der Waals surface area contributed by atoms with Crippen LogP contribution in [-0.4, -0.2) is 48.0 Å². The van der Waals surface area contributed by atoms with Gasteiger partial charge in [-0.1, -0.05) is 11.5 Å². The highest BCUT2D eigenvalue weighted by atomic mass is 16.7. The summed E-state index contributed by atoms with van der Waals surface area (Å²) < 4.78 is 11.9. The molecule has 2 saturated heterocycles. The number of aliphatic carboxylic acids is 1. The van der Waals surface area contributed by atoms with E-state index >= 15 is 0 Å². The van der Waals surface area contributed by atoms with E-state index in [0.29, 0.717) is 19.2 Å². The van der Waals surface area contributed by atoms with Crippen molar-refractivity contribution in [2.75, 3.05) is 23.7 Å². The monoisotopic (exact) mass is 419 g/mol. The van der Waals surface area contributed by atoms with Crippen molar-refractivity contribution in [3.63, 3.8) is 0 Å². The van der Waals surface area contributed by atoms with Crippen LogP contribution in [0.2, 0.25) is 6.32 Å². The van der Waals surface area contributed by atoms with Gasteiger partial charge in [-0.25, -0.2) is 0 Å². The molecule has 1 aromatic carbocycles. The van der Waals surface area contributed by atoms with Crippen LogP contribution >= 0.6 is 0 Å². The van der Waals surface area contributed by atoms with Gasteiger partial charge in [0, 0.05) is 23.9 Å². The molecular weight excluding hydrogens is 393 g/mol. The number of hydrogen-bond acceptors (Lipinski definition) is 8. The minimum atomic E-state index is -1.75. The molecule has 2 aliphatic heterocycles. The molecule has 0 radical (unpaired) electrons. The Morgan fingerprint density at radius 2 is 1.90 bits per heavy atom. The first kappa shape index (κ1) is 22.1. The van der Waals surface area contributed by atoms with E-state index in [0.717, 1.165) is 0 Å². The topological polar surface area (TPSA) is 168 Å². The predicted molar refractivity (Wildman–Crippen MR) is 111 cm³/mol. The van der Waals surface area contributed by atoms with Crippen LogP contribution in [0.4, 0.5) is 11.4 Å². The first-order valence-corrected chi connectivity index (χ1v) is 9.85. The van der Waals surface area contributed by atoms with Crippen LogP contribution in [0.15, 0.2) is 14.7 Å². The van der Waals surface area contributed by atoms with Gasteiger partial charge in [0.05, 0.1) is 11.2 Å². The second-order valence-electron chi connectivity index (χ2n) is 9.03. The van der Waals surface area contributed by atoms with E-state index in [2.05, 4.69) is 10.0 Å². The van der Waals surface area contributed by atoms with Crippen molar-refractivity contribution < 1.29 is 19.2 Å². The van der Waals surface area contributed by atoms with Gasteiger partial charge < -0.3 is 25.0 Å². The zero-order valence-electron chi connectivity index (χ0n) is 17.5. The highest BCUT2D eigenvalue weighted by molar-refractivity contribution is 6.45. The number of carbonyl (C=O) groups is 1. The number of azide groups is 1. The highest BCUT2D eigenvalue weighted by Gasteiger charge is 2.54. The maximum absolute atomic E-state index is 12.1. The van der Waals surface area contributed by atoms with Gasteiger partial charge in [0.2, 0.25) is 0 Å². The number of nitrogens with two attached hydrogens (primary N) is 1. The first-order chi connectivity index (χ1) is 13.9. The number of carboxylic acids is 1. The van der Waals surface area contributed by atoms with Crippen LogP contribution in [0.3, 0.4) is 0 Å². The van der Waals surface area contributed by atoms with Crippen LogP contribution < -0.4 is 21.5 Å². The molecule has 2 fully saturated rings. The number of nitrogens with zero attached hydrogens (tertiary/aromatic N) is 4. The van der Waals surface area contributed by atoms with Gasteiger partial charge in [-0.15, -0.1) is 0 Å². The first-order valence-electron chi connectivity index (χ1n) is 9.85. The molecule has 2 aliphatic rings.